The summed E-state index contributed by atoms with van der Waals surface area (Å²) in [5, 5.41) is 0. The van der Waals surface area contributed by atoms with E-state index in [1.165, 1.54) is 23.9 Å². The summed E-state index contributed by atoms with van der Waals surface area (Å²) in [6.07, 6.45) is 4.36. The maximum absolute atomic E-state index is 14.1. The zero-order valence-electron chi connectivity index (χ0n) is 9.22. The highest BCUT2D eigenvalue weighted by Crippen LogP contribution is 2.46. The van der Waals surface area contributed by atoms with Crippen LogP contribution in [-0.4, -0.2) is 12.8 Å². The Morgan fingerprint density at radius 1 is 1.38 bits per heavy atom. The van der Waals surface area contributed by atoms with E-state index < -0.39 is 17.0 Å². The third-order valence-corrected chi connectivity index (χ3v) is 4.26. The number of benzene rings is 1. The van der Waals surface area contributed by atoms with Gasteiger partial charge in [0.25, 0.3) is 0 Å². The summed E-state index contributed by atoms with van der Waals surface area (Å²) >= 11 is 1.30. The lowest BCUT2D eigenvalue weighted by Gasteiger charge is -2.41. The van der Waals surface area contributed by atoms with E-state index in [9.17, 15) is 8.78 Å². The SMILES string of the molecule is CSc1ccc(F)c(C2(CN)CCC2)c1F. The molecule has 1 aliphatic carbocycles. The molecule has 0 bridgehead atoms. The van der Waals surface area contributed by atoms with E-state index in [0.717, 1.165) is 19.3 Å². The summed E-state index contributed by atoms with van der Waals surface area (Å²) in [7, 11) is 0. The van der Waals surface area contributed by atoms with Crippen LogP contribution in [0.4, 0.5) is 8.78 Å². The summed E-state index contributed by atoms with van der Waals surface area (Å²) in [5.41, 5.74) is 5.43. The monoisotopic (exact) mass is 243 g/mol. The third-order valence-electron chi connectivity index (χ3n) is 3.51. The molecule has 1 aromatic carbocycles. The second-order valence-electron chi connectivity index (χ2n) is 4.28. The number of rotatable bonds is 3. The van der Waals surface area contributed by atoms with Gasteiger partial charge in [0, 0.05) is 22.4 Å². The minimum Gasteiger partial charge on any atom is -0.330 e. The van der Waals surface area contributed by atoms with Crippen LogP contribution in [0.25, 0.3) is 0 Å². The third kappa shape index (κ3) is 1.64. The average molecular weight is 243 g/mol. The lowest BCUT2D eigenvalue weighted by Crippen LogP contribution is -2.43. The molecule has 2 N–H and O–H groups in total. The van der Waals surface area contributed by atoms with Crippen molar-refractivity contribution in [3.63, 3.8) is 0 Å². The van der Waals surface area contributed by atoms with Gasteiger partial charge >= 0.3 is 0 Å². The Bertz CT molecular complexity index is 397. The van der Waals surface area contributed by atoms with E-state index in [4.69, 9.17) is 5.73 Å². The quantitative estimate of drug-likeness (QED) is 0.826. The number of hydrogen-bond acceptors (Lipinski definition) is 2. The van der Waals surface area contributed by atoms with Crippen molar-refractivity contribution in [1.29, 1.82) is 0 Å². The fourth-order valence-electron chi connectivity index (χ4n) is 2.34. The minimum atomic E-state index is -0.458. The first-order valence-corrected chi connectivity index (χ1v) is 6.59. The Kier molecular flexibility index (Phi) is 3.22. The number of hydrogen-bond donors (Lipinski definition) is 1. The van der Waals surface area contributed by atoms with Gasteiger partial charge in [-0.05, 0) is 31.2 Å². The van der Waals surface area contributed by atoms with E-state index in [-0.39, 0.29) is 5.56 Å². The molecule has 0 saturated heterocycles. The maximum Gasteiger partial charge on any atom is 0.143 e. The molecule has 1 saturated carbocycles. The topological polar surface area (TPSA) is 26.0 Å². The predicted molar refractivity (Wildman–Crippen MR) is 62.7 cm³/mol. The van der Waals surface area contributed by atoms with Gasteiger partial charge < -0.3 is 5.73 Å². The van der Waals surface area contributed by atoms with Crippen LogP contribution < -0.4 is 5.73 Å². The molecular weight excluding hydrogens is 228 g/mol. The van der Waals surface area contributed by atoms with Gasteiger partial charge in [-0.1, -0.05) is 6.42 Å². The number of nitrogens with two attached hydrogens (primary N) is 1. The Morgan fingerprint density at radius 3 is 2.50 bits per heavy atom. The first kappa shape index (κ1) is 11.9. The summed E-state index contributed by atoms with van der Waals surface area (Å²) in [6, 6.07) is 2.84. The lowest BCUT2D eigenvalue weighted by atomic mass is 9.64. The van der Waals surface area contributed by atoms with Gasteiger partial charge in [0.2, 0.25) is 0 Å². The van der Waals surface area contributed by atoms with Crippen molar-refractivity contribution < 1.29 is 8.78 Å². The van der Waals surface area contributed by atoms with Crippen molar-refractivity contribution in [2.24, 2.45) is 5.73 Å². The van der Waals surface area contributed by atoms with Crippen molar-refractivity contribution >= 4 is 11.8 Å². The summed E-state index contributed by atoms with van der Waals surface area (Å²) in [6.45, 7) is 0.318. The predicted octanol–water partition coefficient (Wildman–Crippen LogP) is 3.07. The Labute approximate surface area is 98.4 Å². The van der Waals surface area contributed by atoms with Crippen LogP contribution in [0.5, 0.6) is 0 Å². The molecule has 1 fully saturated rings. The number of thioether (sulfide) groups is 1. The summed E-state index contributed by atoms with van der Waals surface area (Å²) in [4.78, 5) is 0.496. The van der Waals surface area contributed by atoms with E-state index in [2.05, 4.69) is 0 Å². The molecule has 0 radical (unpaired) electrons. The highest BCUT2D eigenvalue weighted by atomic mass is 32.2. The molecule has 0 spiro atoms. The van der Waals surface area contributed by atoms with Crippen LogP contribution in [-0.2, 0) is 5.41 Å². The fraction of sp³-hybridized carbons (Fsp3) is 0.500. The van der Waals surface area contributed by atoms with Gasteiger partial charge in [-0.15, -0.1) is 11.8 Å². The molecule has 0 aromatic heterocycles. The Morgan fingerprint density at radius 2 is 2.06 bits per heavy atom. The van der Waals surface area contributed by atoms with Gasteiger partial charge in [-0.3, -0.25) is 0 Å². The molecule has 0 amide bonds. The van der Waals surface area contributed by atoms with Crippen LogP contribution in [0.2, 0.25) is 0 Å². The van der Waals surface area contributed by atoms with Crippen molar-refractivity contribution in [3.8, 4) is 0 Å². The normalized spacial score (nSPS) is 18.2. The molecule has 0 aliphatic heterocycles. The minimum absolute atomic E-state index is 0.202. The van der Waals surface area contributed by atoms with Gasteiger partial charge in [0.1, 0.15) is 11.6 Å². The van der Waals surface area contributed by atoms with Crippen LogP contribution in [0.3, 0.4) is 0 Å². The largest absolute Gasteiger partial charge is 0.330 e. The standard InChI is InChI=1S/C12H15F2NS/c1-16-9-4-3-8(13)10(11(9)14)12(7-15)5-2-6-12/h3-4H,2,5-7,15H2,1H3. The highest BCUT2D eigenvalue weighted by Gasteiger charge is 2.41. The smallest absolute Gasteiger partial charge is 0.143 e. The van der Waals surface area contributed by atoms with Crippen molar-refractivity contribution in [1.82, 2.24) is 0 Å². The second kappa shape index (κ2) is 4.34. The molecular formula is C12H15F2NS. The zero-order valence-corrected chi connectivity index (χ0v) is 10.0. The molecule has 0 heterocycles. The zero-order chi connectivity index (χ0) is 11.8. The molecule has 4 heteroatoms. The fourth-order valence-corrected chi connectivity index (χ4v) is 2.82. The van der Waals surface area contributed by atoms with Gasteiger partial charge in [0.15, 0.2) is 0 Å². The highest BCUT2D eigenvalue weighted by molar-refractivity contribution is 7.98. The Balaban J connectivity index is 2.54. The van der Waals surface area contributed by atoms with Gasteiger partial charge in [0.05, 0.1) is 0 Å². The van der Waals surface area contributed by atoms with Crippen LogP contribution in [0, 0.1) is 11.6 Å². The average Bonchev–Trinajstić information content (AvgIpc) is 2.22. The van der Waals surface area contributed by atoms with Crippen molar-refractivity contribution in [2.75, 3.05) is 12.8 Å². The Hall–Kier alpha value is -0.610. The van der Waals surface area contributed by atoms with Crippen molar-refractivity contribution in [3.05, 3.63) is 29.3 Å². The summed E-state index contributed by atoms with van der Waals surface area (Å²) < 4.78 is 27.9. The van der Waals surface area contributed by atoms with E-state index >= 15 is 0 Å². The van der Waals surface area contributed by atoms with Crippen LogP contribution >= 0.6 is 11.8 Å². The molecule has 1 nitrogen and oxygen atoms in total. The molecule has 16 heavy (non-hydrogen) atoms. The molecule has 2 rings (SSSR count). The van der Waals surface area contributed by atoms with E-state index in [1.807, 2.05) is 0 Å². The molecule has 0 atom stereocenters. The molecule has 1 aliphatic rings. The summed E-state index contributed by atoms with van der Waals surface area (Å²) in [5.74, 6) is -0.877. The van der Waals surface area contributed by atoms with E-state index in [0.29, 0.717) is 11.4 Å². The molecule has 1 aromatic rings. The first-order valence-electron chi connectivity index (χ1n) is 5.37. The lowest BCUT2D eigenvalue weighted by molar-refractivity contribution is 0.234. The van der Waals surface area contributed by atoms with Crippen molar-refractivity contribution in [2.45, 2.75) is 29.6 Å². The maximum atomic E-state index is 14.1. The van der Waals surface area contributed by atoms with Crippen LogP contribution in [0.1, 0.15) is 24.8 Å². The molecule has 0 unspecified atom stereocenters. The van der Waals surface area contributed by atoms with Gasteiger partial charge in [-0.2, -0.15) is 0 Å². The first-order chi connectivity index (χ1) is 7.64. The molecule has 88 valence electrons. The van der Waals surface area contributed by atoms with E-state index in [1.54, 1.807) is 6.26 Å². The van der Waals surface area contributed by atoms with Crippen LogP contribution in [0.15, 0.2) is 17.0 Å². The second-order valence-corrected chi connectivity index (χ2v) is 5.12. The number of halogens is 2. The van der Waals surface area contributed by atoms with Gasteiger partial charge in [-0.25, -0.2) is 8.78 Å².